The molecule has 0 spiro atoms. The third-order valence-electron chi connectivity index (χ3n) is 1.05. The molecule has 0 bridgehead atoms. The lowest BCUT2D eigenvalue weighted by Gasteiger charge is -1.83. The van der Waals surface area contributed by atoms with E-state index in [2.05, 4.69) is 16.8 Å². The predicted molar refractivity (Wildman–Crippen MR) is 35.3 cm³/mol. The molecule has 0 aliphatic rings. The number of nitro groups is 1. The summed E-state index contributed by atoms with van der Waals surface area (Å²) in [5.74, 6) is 0. The highest BCUT2D eigenvalue weighted by Crippen LogP contribution is 2.14. The Kier molecular flexibility index (Phi) is 1.49. The largest absolute Gasteiger partial charge is 0.314 e. The Bertz CT molecular complexity index is 266. The highest BCUT2D eigenvalue weighted by atomic mass is 16.6. The molecular formula is C5H5N3O2. The van der Waals surface area contributed by atoms with Crippen molar-refractivity contribution in [3.63, 3.8) is 0 Å². The van der Waals surface area contributed by atoms with Crippen LogP contribution in [0.15, 0.2) is 12.8 Å². The van der Waals surface area contributed by atoms with Crippen molar-refractivity contribution >= 4 is 11.8 Å². The third kappa shape index (κ3) is 0.883. The Hall–Kier alpha value is -1.65. The van der Waals surface area contributed by atoms with Crippen molar-refractivity contribution in [1.82, 2.24) is 10.2 Å². The van der Waals surface area contributed by atoms with Gasteiger partial charge in [0.15, 0.2) is 0 Å². The molecule has 1 aromatic heterocycles. The molecule has 1 rings (SSSR count). The Balaban J connectivity index is 3.13. The van der Waals surface area contributed by atoms with Gasteiger partial charge in [-0.2, -0.15) is 5.10 Å². The molecule has 5 nitrogen and oxygen atoms in total. The van der Waals surface area contributed by atoms with Crippen molar-refractivity contribution in [3.05, 3.63) is 28.6 Å². The van der Waals surface area contributed by atoms with E-state index in [4.69, 9.17) is 0 Å². The van der Waals surface area contributed by atoms with Crippen molar-refractivity contribution in [2.75, 3.05) is 0 Å². The summed E-state index contributed by atoms with van der Waals surface area (Å²) >= 11 is 0. The molecule has 0 amide bonds. The standard InChI is InChI=1S/C5H5N3O2/c1-2-4-5(8(9)10)3-6-7-4/h2-3H,1H2,(H,6,7). The number of H-pyrrole nitrogens is 1. The van der Waals surface area contributed by atoms with Crippen molar-refractivity contribution in [3.8, 4) is 0 Å². The van der Waals surface area contributed by atoms with Gasteiger partial charge < -0.3 is 0 Å². The zero-order chi connectivity index (χ0) is 7.56. The minimum absolute atomic E-state index is 0.0463. The van der Waals surface area contributed by atoms with Crippen LogP contribution < -0.4 is 0 Å². The molecule has 0 aromatic carbocycles. The molecule has 0 saturated carbocycles. The number of hydrogen-bond donors (Lipinski definition) is 1. The number of rotatable bonds is 2. The van der Waals surface area contributed by atoms with Crippen LogP contribution in [0.3, 0.4) is 0 Å². The van der Waals surface area contributed by atoms with Gasteiger partial charge in [-0.1, -0.05) is 6.58 Å². The van der Waals surface area contributed by atoms with Crippen LogP contribution in [0.4, 0.5) is 5.69 Å². The average molecular weight is 139 g/mol. The van der Waals surface area contributed by atoms with Crippen LogP contribution >= 0.6 is 0 Å². The van der Waals surface area contributed by atoms with Crippen molar-refractivity contribution in [2.45, 2.75) is 0 Å². The lowest BCUT2D eigenvalue weighted by atomic mass is 10.4. The molecule has 0 atom stereocenters. The zero-order valence-corrected chi connectivity index (χ0v) is 5.07. The fourth-order valence-corrected chi connectivity index (χ4v) is 0.585. The number of nitrogens with zero attached hydrogens (tertiary/aromatic N) is 2. The molecule has 5 heteroatoms. The molecule has 52 valence electrons. The predicted octanol–water partition coefficient (Wildman–Crippen LogP) is 0.961. The zero-order valence-electron chi connectivity index (χ0n) is 5.07. The Morgan fingerprint density at radius 1 is 1.90 bits per heavy atom. The third-order valence-corrected chi connectivity index (χ3v) is 1.05. The quantitative estimate of drug-likeness (QED) is 0.490. The van der Waals surface area contributed by atoms with E-state index < -0.39 is 4.92 Å². The minimum Gasteiger partial charge on any atom is -0.271 e. The molecule has 0 aliphatic carbocycles. The number of aromatic nitrogens is 2. The monoisotopic (exact) mass is 139 g/mol. The van der Waals surface area contributed by atoms with Gasteiger partial charge in [0.1, 0.15) is 11.9 Å². The lowest BCUT2D eigenvalue weighted by molar-refractivity contribution is -0.385. The smallest absolute Gasteiger partial charge is 0.271 e. The Morgan fingerprint density at radius 3 is 3.00 bits per heavy atom. The van der Waals surface area contributed by atoms with Crippen LogP contribution in [0.25, 0.3) is 6.08 Å². The van der Waals surface area contributed by atoms with Crippen molar-refractivity contribution in [2.24, 2.45) is 0 Å². The normalized spacial score (nSPS) is 9.20. The van der Waals surface area contributed by atoms with Gasteiger partial charge in [-0.15, -0.1) is 0 Å². The summed E-state index contributed by atoms with van der Waals surface area (Å²) in [5.41, 5.74) is 0.292. The molecule has 10 heavy (non-hydrogen) atoms. The van der Waals surface area contributed by atoms with Crippen molar-refractivity contribution < 1.29 is 4.92 Å². The topological polar surface area (TPSA) is 71.8 Å². The van der Waals surface area contributed by atoms with Gasteiger partial charge in [0.2, 0.25) is 0 Å². The van der Waals surface area contributed by atoms with E-state index in [0.29, 0.717) is 5.69 Å². The summed E-state index contributed by atoms with van der Waals surface area (Å²) in [6, 6.07) is 0. The summed E-state index contributed by atoms with van der Waals surface area (Å²) in [7, 11) is 0. The average Bonchev–Trinajstić information content (AvgIpc) is 2.33. The molecule has 1 aromatic rings. The first-order valence-corrected chi connectivity index (χ1v) is 2.56. The Labute approximate surface area is 56.5 Å². The van der Waals surface area contributed by atoms with E-state index >= 15 is 0 Å². The maximum absolute atomic E-state index is 10.1. The first kappa shape index (κ1) is 6.47. The van der Waals surface area contributed by atoms with Gasteiger partial charge >= 0.3 is 5.69 Å². The first-order chi connectivity index (χ1) is 4.75. The molecule has 0 aliphatic heterocycles. The van der Waals surface area contributed by atoms with E-state index in [1.165, 1.54) is 6.08 Å². The van der Waals surface area contributed by atoms with Crippen molar-refractivity contribution in [1.29, 1.82) is 0 Å². The highest BCUT2D eigenvalue weighted by Gasteiger charge is 2.11. The van der Waals surface area contributed by atoms with Gasteiger partial charge in [0, 0.05) is 0 Å². The van der Waals surface area contributed by atoms with Gasteiger partial charge in [0.05, 0.1) is 4.92 Å². The molecule has 0 unspecified atom stereocenters. The van der Waals surface area contributed by atoms with Gasteiger partial charge in [0.25, 0.3) is 0 Å². The second kappa shape index (κ2) is 2.30. The fourth-order valence-electron chi connectivity index (χ4n) is 0.585. The molecule has 1 N–H and O–H groups in total. The molecule has 0 radical (unpaired) electrons. The number of aromatic amines is 1. The maximum atomic E-state index is 10.1. The lowest BCUT2D eigenvalue weighted by Crippen LogP contribution is -1.87. The molecule has 0 saturated heterocycles. The van der Waals surface area contributed by atoms with Crippen LogP contribution in [0.1, 0.15) is 5.69 Å². The summed E-state index contributed by atoms with van der Waals surface area (Å²) in [6.07, 6.45) is 2.50. The van der Waals surface area contributed by atoms with Crippen LogP contribution in [-0.2, 0) is 0 Å². The molecule has 1 heterocycles. The summed E-state index contributed by atoms with van der Waals surface area (Å²) in [4.78, 5) is 9.63. The maximum Gasteiger partial charge on any atom is 0.314 e. The van der Waals surface area contributed by atoms with Gasteiger partial charge in [-0.3, -0.25) is 15.2 Å². The van der Waals surface area contributed by atoms with Gasteiger partial charge in [-0.05, 0) is 6.08 Å². The number of hydrogen-bond acceptors (Lipinski definition) is 3. The van der Waals surface area contributed by atoms with Crippen LogP contribution in [0.5, 0.6) is 0 Å². The van der Waals surface area contributed by atoms with Crippen LogP contribution in [0.2, 0.25) is 0 Å². The number of nitrogens with one attached hydrogen (secondary N) is 1. The van der Waals surface area contributed by atoms with Gasteiger partial charge in [-0.25, -0.2) is 0 Å². The van der Waals surface area contributed by atoms with E-state index in [1.807, 2.05) is 0 Å². The van der Waals surface area contributed by atoms with E-state index in [-0.39, 0.29) is 5.69 Å². The molecule has 0 fully saturated rings. The summed E-state index contributed by atoms with van der Waals surface area (Å²) in [5, 5.41) is 16.0. The molecular weight excluding hydrogens is 134 g/mol. The second-order valence-corrected chi connectivity index (χ2v) is 1.63. The van der Waals surface area contributed by atoms with Crippen LogP contribution in [-0.4, -0.2) is 15.1 Å². The first-order valence-electron chi connectivity index (χ1n) is 2.56. The summed E-state index contributed by atoms with van der Waals surface area (Å²) in [6.45, 7) is 3.37. The van der Waals surface area contributed by atoms with E-state index in [0.717, 1.165) is 6.20 Å². The fraction of sp³-hybridized carbons (Fsp3) is 0. The second-order valence-electron chi connectivity index (χ2n) is 1.63. The van der Waals surface area contributed by atoms with E-state index in [9.17, 15) is 10.1 Å². The SMILES string of the molecule is C=Cc1[nH]ncc1[N+](=O)[O-]. The van der Waals surface area contributed by atoms with Crippen LogP contribution in [0, 0.1) is 10.1 Å². The van der Waals surface area contributed by atoms with E-state index in [1.54, 1.807) is 0 Å². The summed E-state index contributed by atoms with van der Waals surface area (Å²) < 4.78 is 0. The minimum atomic E-state index is -0.513. The Morgan fingerprint density at radius 2 is 2.60 bits per heavy atom. The highest BCUT2D eigenvalue weighted by molar-refractivity contribution is 5.53.